The number of pyridine rings is 1. The van der Waals surface area contributed by atoms with Gasteiger partial charge in [-0.25, -0.2) is 28.1 Å². The number of para-hydroxylation sites is 1. The van der Waals surface area contributed by atoms with Gasteiger partial charge in [0.2, 0.25) is 5.95 Å². The number of hydrogen-bond acceptors (Lipinski definition) is 7. The highest BCUT2D eigenvalue weighted by Crippen LogP contribution is 2.24. The van der Waals surface area contributed by atoms with Crippen LogP contribution in [-0.2, 0) is 10.0 Å². The monoisotopic (exact) mass is 489 g/mol. The van der Waals surface area contributed by atoms with Gasteiger partial charge in [0.25, 0.3) is 10.0 Å². The van der Waals surface area contributed by atoms with Crippen molar-refractivity contribution in [2.45, 2.75) is 18.7 Å². The number of fused-ring (bicyclic) bond motifs is 1. The Morgan fingerprint density at radius 1 is 0.912 bits per heavy atom. The molecule has 11 heteroatoms. The van der Waals surface area contributed by atoms with E-state index in [-0.39, 0.29) is 10.8 Å². The predicted octanol–water partition coefficient (Wildman–Crippen LogP) is 4.35. The molecule has 3 aromatic heterocycles. The fourth-order valence-corrected chi connectivity index (χ4v) is 4.81. The Bertz CT molecular complexity index is 1670. The summed E-state index contributed by atoms with van der Waals surface area (Å²) < 4.78 is 30.2. The number of nitrogens with one attached hydrogen (secondary N) is 2. The molecule has 5 rings (SSSR count). The maximum Gasteiger partial charge on any atom is 0.264 e. The van der Waals surface area contributed by atoms with Gasteiger partial charge in [-0.3, -0.25) is 9.67 Å². The number of sulfonamides is 1. The number of aromatic nitrogens is 6. The van der Waals surface area contributed by atoms with Crippen molar-refractivity contribution in [2.75, 3.05) is 4.72 Å². The highest BCUT2D eigenvalue weighted by atomic mass is 32.2. The van der Waals surface area contributed by atoms with Crippen LogP contribution < -0.4 is 4.72 Å². The van der Waals surface area contributed by atoms with Gasteiger partial charge in [0.1, 0.15) is 5.69 Å². The second kappa shape index (κ2) is 8.43. The summed E-state index contributed by atoms with van der Waals surface area (Å²) in [6.45, 7) is 3.55. The number of benzene rings is 2. The average Bonchev–Trinajstić information content (AvgIpc) is 3.19. The van der Waals surface area contributed by atoms with Crippen LogP contribution in [0.1, 0.15) is 11.4 Å². The van der Waals surface area contributed by atoms with Crippen LogP contribution in [0, 0.1) is 18.6 Å². The van der Waals surface area contributed by atoms with Crippen LogP contribution in [0.3, 0.4) is 0 Å². The van der Waals surface area contributed by atoms with Crippen molar-refractivity contribution in [3.8, 4) is 17.2 Å². The molecule has 2 aromatic carbocycles. The Kier molecular flexibility index (Phi) is 5.42. The lowest BCUT2D eigenvalue weighted by Gasteiger charge is -2.10. The Balaban J connectivity index is 1.49. The number of aryl methyl sites for hydroxylation is 2. The van der Waals surface area contributed by atoms with Crippen LogP contribution in [-0.4, -0.2) is 38.1 Å². The van der Waals surface area contributed by atoms with Gasteiger partial charge < -0.3 is 0 Å². The molecule has 2 N–H and O–H groups in total. The molecule has 0 atom stereocenters. The van der Waals surface area contributed by atoms with Crippen molar-refractivity contribution >= 4 is 39.1 Å². The molecule has 9 nitrogen and oxygen atoms in total. The Morgan fingerprint density at radius 2 is 1.62 bits per heavy atom. The first kappa shape index (κ1) is 21.9. The zero-order chi connectivity index (χ0) is 23.9. The molecular formula is C23H19N7O2S2. The van der Waals surface area contributed by atoms with E-state index in [1.54, 1.807) is 36.6 Å². The molecular weight excluding hydrogens is 470 g/mol. The molecule has 0 aliphatic carbocycles. The minimum Gasteiger partial charge on any atom is -0.267 e. The number of H-pyrrole nitrogens is 1. The Hall–Kier alpha value is -3.96. The van der Waals surface area contributed by atoms with Crippen LogP contribution >= 0.6 is 12.2 Å². The summed E-state index contributed by atoms with van der Waals surface area (Å²) in [6.07, 6.45) is 0. The van der Waals surface area contributed by atoms with Gasteiger partial charge in [-0.2, -0.15) is 5.10 Å². The lowest BCUT2D eigenvalue weighted by molar-refractivity contribution is 0.600. The fraction of sp³-hybridized carbons (Fsp3) is 0.0870. The second-order valence-electron chi connectivity index (χ2n) is 7.65. The molecule has 0 fully saturated rings. The number of rotatable bonds is 5. The maximum atomic E-state index is 12.9. The smallest absolute Gasteiger partial charge is 0.264 e. The van der Waals surface area contributed by atoms with Crippen molar-refractivity contribution in [2.24, 2.45) is 0 Å². The van der Waals surface area contributed by atoms with Gasteiger partial charge in [-0.15, -0.1) is 0 Å². The quantitative estimate of drug-likeness (QED) is 0.352. The van der Waals surface area contributed by atoms with Crippen LogP contribution in [0.25, 0.3) is 28.1 Å². The van der Waals surface area contributed by atoms with Gasteiger partial charge in [0.15, 0.2) is 10.6 Å². The Labute approximate surface area is 200 Å². The largest absolute Gasteiger partial charge is 0.267 e. The molecule has 3 heterocycles. The summed E-state index contributed by atoms with van der Waals surface area (Å²) in [4.78, 5) is 13.0. The molecule has 0 aliphatic heterocycles. The Morgan fingerprint density at radius 3 is 2.35 bits per heavy atom. The molecule has 0 spiro atoms. The van der Waals surface area contributed by atoms with E-state index in [9.17, 15) is 8.42 Å². The standard InChI is InChI=1S/C23H19N7O2S2/c1-14-13-15(2)25-22(24-14)29-34(31,32)18-10-8-17(9-11-18)30-21(27-28-23(30)33)20-12-7-16-5-3-4-6-19(16)26-20/h3-13H,1-2H3,(H,28,33)(H,24,25,29). The van der Waals surface area contributed by atoms with E-state index in [0.717, 1.165) is 10.9 Å². The van der Waals surface area contributed by atoms with Crippen molar-refractivity contribution in [1.82, 2.24) is 29.7 Å². The normalized spacial score (nSPS) is 11.6. The van der Waals surface area contributed by atoms with Crippen LogP contribution in [0.2, 0.25) is 0 Å². The van der Waals surface area contributed by atoms with Gasteiger partial charge in [-0.1, -0.05) is 24.3 Å². The van der Waals surface area contributed by atoms with Gasteiger partial charge in [0, 0.05) is 16.8 Å². The summed E-state index contributed by atoms with van der Waals surface area (Å²) >= 11 is 5.44. The predicted molar refractivity (Wildman–Crippen MR) is 132 cm³/mol. The van der Waals surface area contributed by atoms with E-state index < -0.39 is 10.0 Å². The molecule has 0 radical (unpaired) electrons. The lowest BCUT2D eigenvalue weighted by atomic mass is 10.2. The van der Waals surface area contributed by atoms with Gasteiger partial charge in [-0.05, 0) is 68.5 Å². The van der Waals surface area contributed by atoms with Crippen molar-refractivity contribution in [3.05, 3.63) is 82.9 Å². The third kappa shape index (κ3) is 4.18. The van der Waals surface area contributed by atoms with Crippen LogP contribution in [0.4, 0.5) is 5.95 Å². The molecule has 34 heavy (non-hydrogen) atoms. The molecule has 0 saturated heterocycles. The highest BCUT2D eigenvalue weighted by Gasteiger charge is 2.18. The summed E-state index contributed by atoms with van der Waals surface area (Å²) in [6, 6.07) is 19.7. The molecule has 170 valence electrons. The van der Waals surface area contributed by atoms with Crippen LogP contribution in [0.15, 0.2) is 71.6 Å². The molecule has 0 saturated carbocycles. The highest BCUT2D eigenvalue weighted by molar-refractivity contribution is 7.92. The summed E-state index contributed by atoms with van der Waals surface area (Å²) in [5, 5.41) is 8.16. The van der Waals surface area contributed by atoms with Crippen molar-refractivity contribution < 1.29 is 8.42 Å². The second-order valence-corrected chi connectivity index (χ2v) is 9.72. The van der Waals surface area contributed by atoms with Crippen molar-refractivity contribution in [3.63, 3.8) is 0 Å². The summed E-state index contributed by atoms with van der Waals surface area (Å²) in [5.41, 5.74) is 3.46. The average molecular weight is 490 g/mol. The number of hydrogen-bond donors (Lipinski definition) is 2. The molecule has 0 aliphatic rings. The van der Waals surface area contributed by atoms with Gasteiger partial charge >= 0.3 is 0 Å². The van der Waals surface area contributed by atoms with Crippen LogP contribution in [0.5, 0.6) is 0 Å². The first-order valence-corrected chi connectivity index (χ1v) is 12.2. The SMILES string of the molecule is Cc1cc(C)nc(NS(=O)(=O)c2ccc(-n3c(-c4ccc5ccccc5n4)n[nH]c3=S)cc2)n1. The fourth-order valence-electron chi connectivity index (χ4n) is 3.62. The number of aromatic amines is 1. The van der Waals surface area contributed by atoms with E-state index in [0.29, 0.717) is 33.4 Å². The first-order valence-electron chi connectivity index (χ1n) is 10.3. The topological polar surface area (TPSA) is 118 Å². The van der Waals surface area contributed by atoms with Crippen molar-refractivity contribution in [1.29, 1.82) is 0 Å². The zero-order valence-electron chi connectivity index (χ0n) is 18.2. The number of anilines is 1. The van der Waals surface area contributed by atoms with E-state index in [1.165, 1.54) is 12.1 Å². The molecule has 0 unspecified atom stereocenters. The maximum absolute atomic E-state index is 12.9. The zero-order valence-corrected chi connectivity index (χ0v) is 19.9. The van der Waals surface area contributed by atoms with E-state index >= 15 is 0 Å². The summed E-state index contributed by atoms with van der Waals surface area (Å²) in [5.74, 6) is 0.552. The van der Waals surface area contributed by atoms with E-state index in [1.807, 2.05) is 36.4 Å². The lowest BCUT2D eigenvalue weighted by Crippen LogP contribution is -2.15. The summed E-state index contributed by atoms with van der Waals surface area (Å²) in [7, 11) is -3.88. The van der Waals surface area contributed by atoms with E-state index in [2.05, 4.69) is 24.9 Å². The third-order valence-corrected chi connectivity index (χ3v) is 6.73. The first-order chi connectivity index (χ1) is 16.3. The van der Waals surface area contributed by atoms with E-state index in [4.69, 9.17) is 17.2 Å². The number of nitrogens with zero attached hydrogens (tertiary/aromatic N) is 5. The minimum absolute atomic E-state index is 0.0308. The van der Waals surface area contributed by atoms with Gasteiger partial charge in [0.05, 0.1) is 16.1 Å². The molecule has 0 bridgehead atoms. The molecule has 0 amide bonds. The minimum atomic E-state index is -3.88. The molecule has 5 aromatic rings. The third-order valence-electron chi connectivity index (χ3n) is 5.11.